The molecule has 0 atom stereocenters. The highest BCUT2D eigenvalue weighted by atomic mass is 16.2. The predicted octanol–water partition coefficient (Wildman–Crippen LogP) is 0.139. The average Bonchev–Trinajstić information content (AvgIpc) is 2.17. The van der Waals surface area contributed by atoms with Gasteiger partial charge in [-0.3, -0.25) is 9.59 Å². The molecule has 0 unspecified atom stereocenters. The average molecular weight is 206 g/mol. The van der Waals surface area contributed by atoms with Gasteiger partial charge in [-0.1, -0.05) is 29.8 Å². The lowest BCUT2D eigenvalue weighted by atomic mass is 10.1. The summed E-state index contributed by atoms with van der Waals surface area (Å²) in [5.41, 5.74) is 7.09. The molecule has 4 nitrogen and oxygen atoms in total. The number of nitrogens with two attached hydrogens (primary N) is 1. The molecule has 0 aliphatic heterocycles. The number of primary amides is 1. The van der Waals surface area contributed by atoms with Crippen LogP contribution in [0.5, 0.6) is 0 Å². The SMILES string of the molecule is Cc1cccc(CCNC(=O)C(N)=O)c1. The minimum atomic E-state index is -0.945. The molecular weight excluding hydrogens is 192 g/mol. The molecule has 4 heteroatoms. The monoisotopic (exact) mass is 206 g/mol. The number of nitrogens with one attached hydrogen (secondary N) is 1. The maximum Gasteiger partial charge on any atom is 0.309 e. The minimum absolute atomic E-state index is 0.422. The van der Waals surface area contributed by atoms with Crippen LogP contribution in [-0.4, -0.2) is 18.4 Å². The van der Waals surface area contributed by atoms with Crippen LogP contribution in [0.4, 0.5) is 0 Å². The fourth-order valence-corrected chi connectivity index (χ4v) is 1.28. The van der Waals surface area contributed by atoms with Gasteiger partial charge >= 0.3 is 11.8 Å². The number of rotatable bonds is 3. The third-order valence-electron chi connectivity index (χ3n) is 2.01. The first-order chi connectivity index (χ1) is 7.09. The van der Waals surface area contributed by atoms with Crippen LogP contribution in [0.1, 0.15) is 11.1 Å². The molecule has 0 aliphatic rings. The first kappa shape index (κ1) is 11.2. The summed E-state index contributed by atoms with van der Waals surface area (Å²) in [5, 5.41) is 2.44. The van der Waals surface area contributed by atoms with E-state index in [1.54, 1.807) is 0 Å². The molecule has 80 valence electrons. The molecule has 0 aromatic heterocycles. The fourth-order valence-electron chi connectivity index (χ4n) is 1.28. The first-order valence-corrected chi connectivity index (χ1v) is 4.73. The van der Waals surface area contributed by atoms with Gasteiger partial charge in [0.15, 0.2) is 0 Å². The summed E-state index contributed by atoms with van der Waals surface area (Å²) in [6.07, 6.45) is 0.695. The molecule has 0 radical (unpaired) electrons. The molecule has 0 aliphatic carbocycles. The Bertz CT molecular complexity index is 375. The summed E-state index contributed by atoms with van der Waals surface area (Å²) in [4.78, 5) is 21.2. The van der Waals surface area contributed by atoms with Gasteiger partial charge in [0.1, 0.15) is 0 Å². The Balaban J connectivity index is 2.38. The zero-order valence-electron chi connectivity index (χ0n) is 8.62. The topological polar surface area (TPSA) is 72.2 Å². The van der Waals surface area contributed by atoms with Crippen LogP contribution in [0, 0.1) is 6.92 Å². The number of carbonyl (C=O) groups is 2. The highest BCUT2D eigenvalue weighted by Crippen LogP contribution is 2.03. The van der Waals surface area contributed by atoms with E-state index in [0.29, 0.717) is 13.0 Å². The van der Waals surface area contributed by atoms with Crippen molar-refractivity contribution in [3.05, 3.63) is 35.4 Å². The van der Waals surface area contributed by atoms with Crippen molar-refractivity contribution in [1.29, 1.82) is 0 Å². The molecule has 0 spiro atoms. The van der Waals surface area contributed by atoms with Gasteiger partial charge in [0.2, 0.25) is 0 Å². The van der Waals surface area contributed by atoms with E-state index in [1.165, 1.54) is 5.56 Å². The van der Waals surface area contributed by atoms with Gasteiger partial charge in [0.05, 0.1) is 0 Å². The van der Waals surface area contributed by atoms with Crippen molar-refractivity contribution < 1.29 is 9.59 Å². The second kappa shape index (κ2) is 5.14. The van der Waals surface area contributed by atoms with Crippen molar-refractivity contribution in [2.45, 2.75) is 13.3 Å². The number of hydrogen-bond acceptors (Lipinski definition) is 2. The maximum atomic E-state index is 10.8. The van der Waals surface area contributed by atoms with Gasteiger partial charge in [-0.15, -0.1) is 0 Å². The van der Waals surface area contributed by atoms with Gasteiger partial charge in [-0.05, 0) is 18.9 Å². The Kier molecular flexibility index (Phi) is 3.85. The van der Waals surface area contributed by atoms with Crippen LogP contribution in [0.15, 0.2) is 24.3 Å². The molecule has 0 saturated heterocycles. The van der Waals surface area contributed by atoms with Crippen LogP contribution in [0.3, 0.4) is 0 Å². The lowest BCUT2D eigenvalue weighted by molar-refractivity contribution is -0.137. The van der Waals surface area contributed by atoms with E-state index >= 15 is 0 Å². The zero-order valence-corrected chi connectivity index (χ0v) is 8.62. The molecule has 1 aromatic carbocycles. The molecule has 1 rings (SSSR count). The van der Waals surface area contributed by atoms with Gasteiger partial charge in [-0.25, -0.2) is 0 Å². The summed E-state index contributed by atoms with van der Waals surface area (Å²) < 4.78 is 0. The Morgan fingerprint density at radius 3 is 2.73 bits per heavy atom. The van der Waals surface area contributed by atoms with Crippen LogP contribution in [0.25, 0.3) is 0 Å². The van der Waals surface area contributed by atoms with E-state index in [2.05, 4.69) is 5.32 Å². The van der Waals surface area contributed by atoms with Gasteiger partial charge in [-0.2, -0.15) is 0 Å². The van der Waals surface area contributed by atoms with Crippen LogP contribution in [-0.2, 0) is 16.0 Å². The van der Waals surface area contributed by atoms with Gasteiger partial charge in [0, 0.05) is 6.54 Å². The molecule has 1 aromatic rings. The molecule has 0 saturated carbocycles. The number of amides is 2. The molecule has 3 N–H and O–H groups in total. The molecule has 0 heterocycles. The Morgan fingerprint density at radius 2 is 2.13 bits per heavy atom. The predicted molar refractivity (Wildman–Crippen MR) is 57.1 cm³/mol. The minimum Gasteiger partial charge on any atom is -0.361 e. The Labute approximate surface area is 88.5 Å². The summed E-state index contributed by atoms with van der Waals surface area (Å²) >= 11 is 0. The molecule has 2 amide bonds. The molecular formula is C11H14N2O2. The van der Waals surface area contributed by atoms with Crippen LogP contribution >= 0.6 is 0 Å². The molecule has 0 fully saturated rings. The van der Waals surface area contributed by atoms with E-state index in [4.69, 9.17) is 5.73 Å². The third-order valence-corrected chi connectivity index (χ3v) is 2.01. The fraction of sp³-hybridized carbons (Fsp3) is 0.273. The van der Waals surface area contributed by atoms with Crippen molar-refractivity contribution in [1.82, 2.24) is 5.32 Å². The number of aryl methyl sites for hydroxylation is 1. The first-order valence-electron chi connectivity index (χ1n) is 4.73. The van der Waals surface area contributed by atoms with Crippen molar-refractivity contribution in [2.24, 2.45) is 5.73 Å². The van der Waals surface area contributed by atoms with E-state index in [1.807, 2.05) is 31.2 Å². The lowest BCUT2D eigenvalue weighted by Crippen LogP contribution is -2.37. The van der Waals surface area contributed by atoms with Crippen molar-refractivity contribution in [3.8, 4) is 0 Å². The standard InChI is InChI=1S/C11H14N2O2/c1-8-3-2-4-9(7-8)5-6-13-11(15)10(12)14/h2-4,7H,5-6H2,1H3,(H2,12,14)(H,13,15). The number of carbonyl (C=O) groups excluding carboxylic acids is 2. The highest BCUT2D eigenvalue weighted by molar-refractivity contribution is 6.34. The summed E-state index contributed by atoms with van der Waals surface area (Å²) in [7, 11) is 0. The van der Waals surface area contributed by atoms with Gasteiger partial charge < -0.3 is 11.1 Å². The van der Waals surface area contributed by atoms with E-state index < -0.39 is 11.8 Å². The third kappa shape index (κ3) is 3.81. The number of benzene rings is 1. The normalized spacial score (nSPS) is 9.67. The maximum absolute atomic E-state index is 10.8. The Hall–Kier alpha value is -1.84. The van der Waals surface area contributed by atoms with E-state index in [9.17, 15) is 9.59 Å². The lowest BCUT2D eigenvalue weighted by Gasteiger charge is -2.03. The van der Waals surface area contributed by atoms with Crippen LogP contribution < -0.4 is 11.1 Å². The second-order valence-corrected chi connectivity index (χ2v) is 3.36. The van der Waals surface area contributed by atoms with Crippen molar-refractivity contribution in [2.75, 3.05) is 6.54 Å². The summed E-state index contributed by atoms with van der Waals surface area (Å²) in [6.45, 7) is 2.43. The van der Waals surface area contributed by atoms with Gasteiger partial charge in [0.25, 0.3) is 0 Å². The van der Waals surface area contributed by atoms with Crippen molar-refractivity contribution in [3.63, 3.8) is 0 Å². The van der Waals surface area contributed by atoms with E-state index in [-0.39, 0.29) is 0 Å². The number of hydrogen-bond donors (Lipinski definition) is 2. The second-order valence-electron chi connectivity index (χ2n) is 3.36. The highest BCUT2D eigenvalue weighted by Gasteiger charge is 2.06. The smallest absolute Gasteiger partial charge is 0.309 e. The van der Waals surface area contributed by atoms with Crippen molar-refractivity contribution >= 4 is 11.8 Å². The summed E-state index contributed by atoms with van der Waals surface area (Å²) in [5.74, 6) is -1.68. The largest absolute Gasteiger partial charge is 0.361 e. The Morgan fingerprint density at radius 1 is 1.40 bits per heavy atom. The molecule has 15 heavy (non-hydrogen) atoms. The zero-order chi connectivity index (χ0) is 11.3. The molecule has 0 bridgehead atoms. The van der Waals surface area contributed by atoms with E-state index in [0.717, 1.165) is 5.56 Å². The quantitative estimate of drug-likeness (QED) is 0.690. The summed E-state index contributed by atoms with van der Waals surface area (Å²) in [6, 6.07) is 7.98. The van der Waals surface area contributed by atoms with Crippen LogP contribution in [0.2, 0.25) is 0 Å².